The number of esters is 4. The summed E-state index contributed by atoms with van der Waals surface area (Å²) >= 11 is 0. The van der Waals surface area contributed by atoms with Crippen molar-refractivity contribution in [3.8, 4) is 0 Å². The van der Waals surface area contributed by atoms with Crippen LogP contribution in [0.25, 0.3) is 0 Å². The predicted octanol–water partition coefficient (Wildman–Crippen LogP) is 1.31. The third-order valence-electron chi connectivity index (χ3n) is 3.68. The van der Waals surface area contributed by atoms with Gasteiger partial charge in [0.2, 0.25) is 5.91 Å². The minimum atomic E-state index is -0.711. The SMILES string of the molecule is CCCC(=O)N(CC(=O)OCC)CC(=O)OCC.CCCC(=O)O.CCOC(=O)CNCC(=O)OCC. The number of carboxylic acid groups (broad SMARTS) is 1. The second-order valence-electron chi connectivity index (χ2n) is 6.97. The van der Waals surface area contributed by atoms with Gasteiger partial charge in [-0.15, -0.1) is 0 Å². The van der Waals surface area contributed by atoms with Crippen molar-refractivity contribution in [2.75, 3.05) is 52.6 Å². The van der Waals surface area contributed by atoms with E-state index in [1.54, 1.807) is 27.7 Å². The van der Waals surface area contributed by atoms with E-state index in [0.717, 1.165) is 6.42 Å². The standard InChI is InChI=1S/C12H21NO5.C8H15NO4.C4H8O2/c1-4-7-10(14)13(8-11(15)17-5-2)9-12(16)18-6-3;1-3-12-7(10)5-9-6-8(11)13-4-2;1-2-3-4(5)6/h4-9H2,1-3H3;9H,3-6H2,1-2H3;2-3H2,1H3,(H,5,6). The van der Waals surface area contributed by atoms with Gasteiger partial charge in [-0.3, -0.25) is 34.1 Å². The van der Waals surface area contributed by atoms with Crippen molar-refractivity contribution in [3.05, 3.63) is 0 Å². The summed E-state index contributed by atoms with van der Waals surface area (Å²) in [6, 6.07) is 0. The number of rotatable bonds is 16. The van der Waals surface area contributed by atoms with Gasteiger partial charge in [0.25, 0.3) is 0 Å². The van der Waals surface area contributed by atoms with Crippen molar-refractivity contribution in [2.45, 2.75) is 67.2 Å². The molecule has 0 aliphatic rings. The molecule has 0 saturated carbocycles. The van der Waals surface area contributed by atoms with Crippen LogP contribution in [0.5, 0.6) is 0 Å². The number of carbonyl (C=O) groups is 6. The zero-order valence-corrected chi connectivity index (χ0v) is 23.0. The normalized spacial score (nSPS) is 9.35. The fourth-order valence-electron chi connectivity index (χ4n) is 2.23. The molecule has 0 aromatic carbocycles. The summed E-state index contributed by atoms with van der Waals surface area (Å²) in [5.74, 6) is -2.74. The molecule has 0 fully saturated rings. The molecule has 0 aliphatic carbocycles. The fourth-order valence-corrected chi connectivity index (χ4v) is 2.23. The Balaban J connectivity index is -0.000000529. The first-order valence-corrected chi connectivity index (χ1v) is 12.3. The summed E-state index contributed by atoms with van der Waals surface area (Å²) in [6.07, 6.45) is 1.97. The Labute approximate surface area is 219 Å². The monoisotopic (exact) mass is 536 g/mol. The third kappa shape index (κ3) is 28.9. The Morgan fingerprint density at radius 3 is 1.22 bits per heavy atom. The van der Waals surface area contributed by atoms with E-state index in [0.29, 0.717) is 32.5 Å². The maximum Gasteiger partial charge on any atom is 0.325 e. The van der Waals surface area contributed by atoms with Gasteiger partial charge in [-0.1, -0.05) is 13.8 Å². The molecular formula is C24H44N2O11. The number of hydrogen-bond donors (Lipinski definition) is 2. The summed E-state index contributed by atoms with van der Waals surface area (Å²) < 4.78 is 18.8. The maximum absolute atomic E-state index is 11.7. The average molecular weight is 537 g/mol. The zero-order valence-electron chi connectivity index (χ0n) is 23.0. The molecule has 13 nitrogen and oxygen atoms in total. The molecule has 0 saturated heterocycles. The van der Waals surface area contributed by atoms with Gasteiger partial charge in [-0.2, -0.15) is 0 Å². The highest BCUT2D eigenvalue weighted by molar-refractivity contribution is 5.86. The summed E-state index contributed by atoms with van der Waals surface area (Å²) in [4.78, 5) is 66.7. The first kappa shape index (κ1) is 38.3. The van der Waals surface area contributed by atoms with Gasteiger partial charge in [0.15, 0.2) is 0 Å². The van der Waals surface area contributed by atoms with Crippen LogP contribution in [-0.2, 0) is 47.7 Å². The van der Waals surface area contributed by atoms with Crippen LogP contribution in [0, 0.1) is 0 Å². The van der Waals surface area contributed by atoms with Gasteiger partial charge in [0, 0.05) is 12.8 Å². The second-order valence-corrected chi connectivity index (χ2v) is 6.97. The zero-order chi connectivity index (χ0) is 29.1. The molecule has 0 radical (unpaired) electrons. The molecule has 0 aromatic rings. The van der Waals surface area contributed by atoms with Crippen LogP contribution in [0.4, 0.5) is 0 Å². The van der Waals surface area contributed by atoms with Gasteiger partial charge in [0.1, 0.15) is 13.1 Å². The first-order chi connectivity index (χ1) is 17.5. The lowest BCUT2D eigenvalue weighted by Crippen LogP contribution is -2.40. The van der Waals surface area contributed by atoms with Crippen LogP contribution in [-0.4, -0.2) is 98.4 Å². The highest BCUT2D eigenvalue weighted by Crippen LogP contribution is 2.00. The predicted molar refractivity (Wildman–Crippen MR) is 133 cm³/mol. The number of aliphatic carboxylic acids is 1. The Hall–Kier alpha value is -3.22. The Kier molecular flexibility index (Phi) is 28.3. The van der Waals surface area contributed by atoms with E-state index in [-0.39, 0.29) is 57.2 Å². The molecular weight excluding hydrogens is 492 g/mol. The Bertz CT molecular complexity index is 631. The number of hydrogen-bond acceptors (Lipinski definition) is 11. The Morgan fingerprint density at radius 2 is 0.946 bits per heavy atom. The van der Waals surface area contributed by atoms with Crippen molar-refractivity contribution in [1.82, 2.24) is 10.2 Å². The van der Waals surface area contributed by atoms with Crippen molar-refractivity contribution < 1.29 is 52.8 Å². The lowest BCUT2D eigenvalue weighted by Gasteiger charge is -2.20. The molecule has 0 aromatic heterocycles. The highest BCUT2D eigenvalue weighted by Gasteiger charge is 2.20. The summed E-state index contributed by atoms with van der Waals surface area (Å²) in [7, 11) is 0. The van der Waals surface area contributed by atoms with Crippen molar-refractivity contribution in [2.24, 2.45) is 0 Å². The van der Waals surface area contributed by atoms with Crippen LogP contribution in [0.1, 0.15) is 67.2 Å². The lowest BCUT2D eigenvalue weighted by atomic mass is 10.3. The molecule has 0 spiro atoms. The highest BCUT2D eigenvalue weighted by atomic mass is 16.5. The van der Waals surface area contributed by atoms with Gasteiger partial charge in [0.05, 0.1) is 39.5 Å². The average Bonchev–Trinajstić information content (AvgIpc) is 2.80. The molecule has 0 atom stereocenters. The van der Waals surface area contributed by atoms with E-state index in [1.165, 1.54) is 4.90 Å². The summed E-state index contributed by atoms with van der Waals surface area (Å²) in [5.41, 5.74) is 0. The van der Waals surface area contributed by atoms with Crippen LogP contribution in [0.3, 0.4) is 0 Å². The van der Waals surface area contributed by atoms with Crippen LogP contribution in [0.2, 0.25) is 0 Å². The van der Waals surface area contributed by atoms with E-state index in [2.05, 4.69) is 14.8 Å². The second kappa shape index (κ2) is 27.4. The quantitative estimate of drug-likeness (QED) is 0.214. The van der Waals surface area contributed by atoms with Gasteiger partial charge >= 0.3 is 29.8 Å². The van der Waals surface area contributed by atoms with Gasteiger partial charge in [-0.05, 0) is 40.5 Å². The molecule has 2 N–H and O–H groups in total. The van der Waals surface area contributed by atoms with Crippen molar-refractivity contribution >= 4 is 35.8 Å². The molecule has 0 aliphatic heterocycles. The number of ether oxygens (including phenoxy) is 4. The number of nitrogens with zero attached hydrogens (tertiary/aromatic N) is 1. The van der Waals surface area contributed by atoms with E-state index < -0.39 is 17.9 Å². The van der Waals surface area contributed by atoms with Crippen LogP contribution < -0.4 is 5.32 Å². The molecule has 0 rings (SSSR count). The van der Waals surface area contributed by atoms with E-state index >= 15 is 0 Å². The molecule has 1 amide bonds. The molecule has 0 bridgehead atoms. The molecule has 37 heavy (non-hydrogen) atoms. The topological polar surface area (TPSA) is 175 Å². The molecule has 0 heterocycles. The first-order valence-electron chi connectivity index (χ1n) is 12.3. The van der Waals surface area contributed by atoms with Crippen LogP contribution in [0.15, 0.2) is 0 Å². The number of amides is 1. The third-order valence-corrected chi connectivity index (χ3v) is 3.68. The lowest BCUT2D eigenvalue weighted by molar-refractivity contribution is -0.154. The minimum absolute atomic E-state index is 0.0344. The van der Waals surface area contributed by atoms with Gasteiger partial charge in [-0.25, -0.2) is 0 Å². The number of nitrogens with one attached hydrogen (secondary N) is 1. The summed E-state index contributed by atoms with van der Waals surface area (Å²) in [5, 5.41) is 10.5. The van der Waals surface area contributed by atoms with Crippen molar-refractivity contribution in [3.63, 3.8) is 0 Å². The number of carbonyl (C=O) groups excluding carboxylic acids is 5. The summed E-state index contributed by atoms with van der Waals surface area (Å²) in [6.45, 7) is 11.3. The fraction of sp³-hybridized carbons (Fsp3) is 0.750. The van der Waals surface area contributed by atoms with Crippen molar-refractivity contribution in [1.29, 1.82) is 0 Å². The Morgan fingerprint density at radius 1 is 0.595 bits per heavy atom. The largest absolute Gasteiger partial charge is 0.481 e. The molecule has 216 valence electrons. The smallest absolute Gasteiger partial charge is 0.325 e. The molecule has 0 unspecified atom stereocenters. The number of carboxylic acids is 1. The van der Waals surface area contributed by atoms with Crippen LogP contribution >= 0.6 is 0 Å². The molecule has 13 heteroatoms. The van der Waals surface area contributed by atoms with E-state index in [4.69, 9.17) is 14.6 Å². The minimum Gasteiger partial charge on any atom is -0.481 e. The maximum atomic E-state index is 11.7. The van der Waals surface area contributed by atoms with E-state index in [1.807, 2.05) is 13.8 Å². The van der Waals surface area contributed by atoms with E-state index in [9.17, 15) is 28.8 Å². The van der Waals surface area contributed by atoms with Gasteiger partial charge < -0.3 is 29.0 Å².